The molecular weight excluding hydrogens is 378 g/mol. The van der Waals surface area contributed by atoms with Crippen molar-refractivity contribution in [2.75, 3.05) is 33.2 Å². The van der Waals surface area contributed by atoms with Crippen LogP contribution in [0, 0.1) is 12.8 Å². The van der Waals surface area contributed by atoms with Gasteiger partial charge in [-0.15, -0.1) is 11.3 Å². The fraction of sp³-hybridized carbons (Fsp3) is 0.524. The van der Waals surface area contributed by atoms with Gasteiger partial charge in [0, 0.05) is 37.1 Å². The van der Waals surface area contributed by atoms with Gasteiger partial charge in [0.25, 0.3) is 0 Å². The van der Waals surface area contributed by atoms with Crippen molar-refractivity contribution in [3.8, 4) is 0 Å². The Labute approximate surface area is 171 Å². The van der Waals surface area contributed by atoms with Gasteiger partial charge in [0.1, 0.15) is 0 Å². The molecule has 1 atom stereocenters. The number of benzene rings is 1. The number of carbonyl (C=O) groups is 1. The minimum atomic E-state index is 0.165. The van der Waals surface area contributed by atoms with E-state index >= 15 is 0 Å². The summed E-state index contributed by atoms with van der Waals surface area (Å²) in [4.78, 5) is 21.3. The SMILES string of the molecule is Cc1nc(CC(=O)N(C)C[C@@H]2CCCN(CCc3ccc(Cl)cc3)C2)cs1. The van der Waals surface area contributed by atoms with Gasteiger partial charge in [-0.25, -0.2) is 4.98 Å². The third kappa shape index (κ3) is 6.30. The van der Waals surface area contributed by atoms with Crippen molar-refractivity contribution in [2.45, 2.75) is 32.6 Å². The lowest BCUT2D eigenvalue weighted by Crippen LogP contribution is -2.42. The predicted octanol–water partition coefficient (Wildman–Crippen LogP) is 4.06. The molecule has 4 nitrogen and oxygen atoms in total. The van der Waals surface area contributed by atoms with E-state index in [1.54, 1.807) is 11.3 Å². The number of amides is 1. The summed E-state index contributed by atoms with van der Waals surface area (Å²) < 4.78 is 0. The molecule has 2 aromatic rings. The van der Waals surface area contributed by atoms with E-state index in [0.29, 0.717) is 12.3 Å². The van der Waals surface area contributed by atoms with Crippen molar-refractivity contribution in [1.29, 1.82) is 0 Å². The number of aryl methyl sites for hydroxylation is 1. The molecule has 1 aromatic heterocycles. The topological polar surface area (TPSA) is 36.4 Å². The summed E-state index contributed by atoms with van der Waals surface area (Å²) in [6, 6.07) is 8.13. The zero-order chi connectivity index (χ0) is 19.2. The average Bonchev–Trinajstić information content (AvgIpc) is 3.06. The lowest BCUT2D eigenvalue weighted by atomic mass is 9.97. The number of nitrogens with zero attached hydrogens (tertiary/aromatic N) is 3. The molecule has 1 saturated heterocycles. The zero-order valence-electron chi connectivity index (χ0n) is 16.2. The first kappa shape index (κ1) is 20.3. The summed E-state index contributed by atoms with van der Waals surface area (Å²) in [6.45, 7) is 6.09. The van der Waals surface area contributed by atoms with Crippen molar-refractivity contribution >= 4 is 28.8 Å². The first-order valence-corrected chi connectivity index (χ1v) is 10.9. The molecule has 1 aliphatic rings. The molecule has 0 bridgehead atoms. The maximum absolute atomic E-state index is 12.5. The highest BCUT2D eigenvalue weighted by Crippen LogP contribution is 2.19. The molecule has 27 heavy (non-hydrogen) atoms. The molecule has 1 aliphatic heterocycles. The number of rotatable bonds is 7. The summed E-state index contributed by atoms with van der Waals surface area (Å²) in [6.07, 6.45) is 3.86. The normalized spacial score (nSPS) is 17.8. The van der Waals surface area contributed by atoms with Crippen LogP contribution in [0.2, 0.25) is 5.02 Å². The van der Waals surface area contributed by atoms with Crippen molar-refractivity contribution in [1.82, 2.24) is 14.8 Å². The third-order valence-corrected chi connectivity index (χ3v) is 6.26. The minimum absolute atomic E-state index is 0.165. The van der Waals surface area contributed by atoms with E-state index in [1.165, 1.54) is 18.4 Å². The quantitative estimate of drug-likeness (QED) is 0.696. The Balaban J connectivity index is 1.44. The Morgan fingerprint density at radius 3 is 2.85 bits per heavy atom. The van der Waals surface area contributed by atoms with Gasteiger partial charge >= 0.3 is 0 Å². The van der Waals surface area contributed by atoms with Crippen LogP contribution in [0.5, 0.6) is 0 Å². The van der Waals surface area contributed by atoms with Crippen LogP contribution in [0.15, 0.2) is 29.6 Å². The molecule has 1 fully saturated rings. The Bertz CT molecular complexity index is 746. The summed E-state index contributed by atoms with van der Waals surface area (Å²) in [5.41, 5.74) is 2.22. The van der Waals surface area contributed by atoms with Crippen LogP contribution < -0.4 is 0 Å². The molecule has 0 unspecified atom stereocenters. The Morgan fingerprint density at radius 1 is 1.37 bits per heavy atom. The van der Waals surface area contributed by atoms with Crippen LogP contribution in [-0.2, 0) is 17.6 Å². The van der Waals surface area contributed by atoms with E-state index in [1.807, 2.05) is 36.4 Å². The van der Waals surface area contributed by atoms with Crippen LogP contribution in [0.1, 0.15) is 29.1 Å². The van der Waals surface area contributed by atoms with Crippen LogP contribution >= 0.6 is 22.9 Å². The highest BCUT2D eigenvalue weighted by molar-refractivity contribution is 7.09. The molecule has 1 aromatic carbocycles. The number of likely N-dealkylation sites (N-methyl/N-ethyl adjacent to an activating group) is 1. The largest absolute Gasteiger partial charge is 0.345 e. The third-order valence-electron chi connectivity index (χ3n) is 5.19. The number of aromatic nitrogens is 1. The predicted molar refractivity (Wildman–Crippen MR) is 113 cm³/mol. The number of thiazole rings is 1. The molecule has 0 radical (unpaired) electrons. The molecule has 0 saturated carbocycles. The van der Waals surface area contributed by atoms with Crippen molar-refractivity contribution in [3.63, 3.8) is 0 Å². The van der Waals surface area contributed by atoms with Gasteiger partial charge < -0.3 is 9.80 Å². The lowest BCUT2D eigenvalue weighted by molar-refractivity contribution is -0.130. The Hall–Kier alpha value is -1.43. The summed E-state index contributed by atoms with van der Waals surface area (Å²) in [5.74, 6) is 0.716. The van der Waals surface area contributed by atoms with Crippen molar-refractivity contribution < 1.29 is 4.79 Å². The lowest BCUT2D eigenvalue weighted by Gasteiger charge is -2.34. The van der Waals surface area contributed by atoms with E-state index in [9.17, 15) is 4.79 Å². The Kier molecular flexibility index (Phi) is 7.27. The first-order chi connectivity index (χ1) is 13.0. The molecule has 0 N–H and O–H groups in total. The fourth-order valence-electron chi connectivity index (χ4n) is 3.71. The fourth-order valence-corrected chi connectivity index (χ4v) is 4.45. The number of hydrogen-bond donors (Lipinski definition) is 0. The number of hydrogen-bond acceptors (Lipinski definition) is 4. The minimum Gasteiger partial charge on any atom is -0.345 e. The van der Waals surface area contributed by atoms with Crippen molar-refractivity contribution in [2.24, 2.45) is 5.92 Å². The molecule has 146 valence electrons. The van der Waals surface area contributed by atoms with Gasteiger partial charge in [0.15, 0.2) is 0 Å². The second kappa shape index (κ2) is 9.67. The highest BCUT2D eigenvalue weighted by atomic mass is 35.5. The monoisotopic (exact) mass is 405 g/mol. The zero-order valence-corrected chi connectivity index (χ0v) is 17.7. The number of carbonyl (C=O) groups excluding carboxylic acids is 1. The van der Waals surface area contributed by atoms with Gasteiger partial charge in [-0.05, 0) is 56.3 Å². The van der Waals surface area contributed by atoms with E-state index < -0.39 is 0 Å². The second-order valence-electron chi connectivity index (χ2n) is 7.49. The molecule has 0 aliphatic carbocycles. The van der Waals surface area contributed by atoms with E-state index in [2.05, 4.69) is 22.0 Å². The van der Waals surface area contributed by atoms with Gasteiger partial charge in [-0.1, -0.05) is 23.7 Å². The maximum Gasteiger partial charge on any atom is 0.228 e. The maximum atomic E-state index is 12.5. The smallest absolute Gasteiger partial charge is 0.228 e. The van der Waals surface area contributed by atoms with Crippen LogP contribution in [0.4, 0.5) is 0 Å². The van der Waals surface area contributed by atoms with Gasteiger partial charge in [-0.2, -0.15) is 0 Å². The number of likely N-dealkylation sites (tertiary alicyclic amines) is 1. The van der Waals surface area contributed by atoms with Crippen LogP contribution in [-0.4, -0.2) is 53.9 Å². The van der Waals surface area contributed by atoms with E-state index in [-0.39, 0.29) is 5.91 Å². The second-order valence-corrected chi connectivity index (χ2v) is 8.99. The summed E-state index contributed by atoms with van der Waals surface area (Å²) >= 11 is 7.56. The molecule has 3 rings (SSSR count). The molecule has 2 heterocycles. The van der Waals surface area contributed by atoms with E-state index in [0.717, 1.165) is 48.3 Å². The summed E-state index contributed by atoms with van der Waals surface area (Å²) in [5, 5.41) is 3.79. The molecule has 0 spiro atoms. The van der Waals surface area contributed by atoms with Crippen molar-refractivity contribution in [3.05, 3.63) is 50.9 Å². The van der Waals surface area contributed by atoms with Gasteiger partial charge in [0.2, 0.25) is 5.91 Å². The van der Waals surface area contributed by atoms with Gasteiger partial charge in [0.05, 0.1) is 17.1 Å². The number of halogens is 1. The standard InChI is InChI=1S/C21H28ClN3OS/c1-16-23-20(15-27-16)12-21(26)24(2)13-18-4-3-10-25(14-18)11-9-17-5-7-19(22)8-6-17/h5-8,15,18H,3-4,9-14H2,1-2H3/t18-/m0/s1. The Morgan fingerprint density at radius 2 is 2.15 bits per heavy atom. The molecular formula is C21H28ClN3OS. The first-order valence-electron chi connectivity index (χ1n) is 9.61. The highest BCUT2D eigenvalue weighted by Gasteiger charge is 2.23. The van der Waals surface area contributed by atoms with E-state index in [4.69, 9.17) is 11.6 Å². The average molecular weight is 406 g/mol. The molecule has 1 amide bonds. The van der Waals surface area contributed by atoms with Crippen LogP contribution in [0.3, 0.4) is 0 Å². The number of piperidine rings is 1. The van der Waals surface area contributed by atoms with Gasteiger partial charge in [-0.3, -0.25) is 4.79 Å². The molecule has 6 heteroatoms. The summed E-state index contributed by atoms with van der Waals surface area (Å²) in [7, 11) is 1.92. The van der Waals surface area contributed by atoms with Crippen LogP contribution in [0.25, 0.3) is 0 Å².